The summed E-state index contributed by atoms with van der Waals surface area (Å²) in [5.74, 6) is 0.308. The van der Waals surface area contributed by atoms with Gasteiger partial charge in [0, 0.05) is 52.2 Å². The molecule has 1 fully saturated rings. The topological polar surface area (TPSA) is 95.1 Å². The van der Waals surface area contributed by atoms with E-state index in [2.05, 4.69) is 10.3 Å². The predicted molar refractivity (Wildman–Crippen MR) is 125 cm³/mol. The maximum absolute atomic E-state index is 12.8. The second-order valence-corrected chi connectivity index (χ2v) is 10.3. The Kier molecular flexibility index (Phi) is 8.23. The number of ether oxygens (including phenoxy) is 1. The standard InChI is InChI=1S/C22H28F3N5O4S/c1-28(2)35(32,33)19-13-17(6-7-18(19)34-3)27-21(31)15-29-9-4-10-30(12-11-29)20-8-5-16(14-26-20)22(23,24)25/h5-8,13-14H,4,9-12,15H2,1-3H3,(H,27,31). The van der Waals surface area contributed by atoms with Crippen LogP contribution in [-0.4, -0.2) is 82.4 Å². The second kappa shape index (κ2) is 10.8. The van der Waals surface area contributed by atoms with Gasteiger partial charge in [0.25, 0.3) is 0 Å². The Labute approximate surface area is 202 Å². The van der Waals surface area contributed by atoms with Crippen molar-refractivity contribution in [2.45, 2.75) is 17.5 Å². The number of hydrogen-bond donors (Lipinski definition) is 1. The molecule has 3 rings (SSSR count). The molecule has 0 saturated carbocycles. The van der Waals surface area contributed by atoms with E-state index in [0.29, 0.717) is 44.1 Å². The zero-order valence-electron chi connectivity index (χ0n) is 19.7. The smallest absolute Gasteiger partial charge is 0.417 e. The first-order valence-corrected chi connectivity index (χ1v) is 12.3. The molecule has 1 aliphatic rings. The first-order chi connectivity index (χ1) is 16.4. The number of carbonyl (C=O) groups excluding carboxylic acids is 1. The summed E-state index contributed by atoms with van der Waals surface area (Å²) in [6.07, 6.45) is -2.91. The van der Waals surface area contributed by atoms with E-state index in [9.17, 15) is 26.4 Å². The number of nitrogens with zero attached hydrogens (tertiary/aromatic N) is 4. The maximum atomic E-state index is 12.8. The first kappa shape index (κ1) is 26.7. The number of halogens is 3. The highest BCUT2D eigenvalue weighted by Gasteiger charge is 2.31. The third-order valence-corrected chi connectivity index (χ3v) is 7.40. The second-order valence-electron chi connectivity index (χ2n) is 8.22. The molecule has 0 bridgehead atoms. The number of carbonyl (C=O) groups is 1. The fraction of sp³-hybridized carbons (Fsp3) is 0.455. The zero-order valence-corrected chi connectivity index (χ0v) is 20.5. The van der Waals surface area contributed by atoms with E-state index in [0.717, 1.165) is 16.6 Å². The summed E-state index contributed by atoms with van der Waals surface area (Å²) in [7, 11) is 0.397. The quantitative estimate of drug-likeness (QED) is 0.606. The van der Waals surface area contributed by atoms with E-state index in [1.807, 2.05) is 9.80 Å². The summed E-state index contributed by atoms with van der Waals surface area (Å²) < 4.78 is 69.7. The van der Waals surface area contributed by atoms with Crippen molar-refractivity contribution in [3.63, 3.8) is 0 Å². The molecule has 35 heavy (non-hydrogen) atoms. The van der Waals surface area contributed by atoms with Gasteiger partial charge < -0.3 is 15.0 Å². The number of amides is 1. The third kappa shape index (κ3) is 6.61. The van der Waals surface area contributed by atoms with Crippen molar-refractivity contribution >= 4 is 27.4 Å². The van der Waals surface area contributed by atoms with Gasteiger partial charge in [0.15, 0.2) is 0 Å². The van der Waals surface area contributed by atoms with E-state index in [-0.39, 0.29) is 23.1 Å². The normalized spacial score (nSPS) is 15.7. The van der Waals surface area contributed by atoms with E-state index in [1.165, 1.54) is 39.4 Å². The molecule has 9 nitrogen and oxygen atoms in total. The number of alkyl halides is 3. The molecule has 0 radical (unpaired) electrons. The molecule has 1 amide bonds. The first-order valence-electron chi connectivity index (χ1n) is 10.8. The van der Waals surface area contributed by atoms with Crippen LogP contribution in [0.25, 0.3) is 0 Å². The Morgan fingerprint density at radius 1 is 1.14 bits per heavy atom. The van der Waals surface area contributed by atoms with Crippen LogP contribution >= 0.6 is 0 Å². The Balaban J connectivity index is 1.61. The number of nitrogens with one attached hydrogen (secondary N) is 1. The minimum Gasteiger partial charge on any atom is -0.495 e. The molecule has 0 atom stereocenters. The van der Waals surface area contributed by atoms with Crippen LogP contribution in [0.15, 0.2) is 41.4 Å². The minimum absolute atomic E-state index is 0.0581. The van der Waals surface area contributed by atoms with Crippen molar-refractivity contribution in [1.82, 2.24) is 14.2 Å². The van der Waals surface area contributed by atoms with Crippen LogP contribution in [0.5, 0.6) is 5.75 Å². The van der Waals surface area contributed by atoms with Gasteiger partial charge in [0.05, 0.1) is 19.2 Å². The number of anilines is 2. The molecule has 0 spiro atoms. The average molecular weight is 516 g/mol. The SMILES string of the molecule is COc1ccc(NC(=O)CN2CCCN(c3ccc(C(F)(F)F)cn3)CC2)cc1S(=O)(=O)N(C)C. The van der Waals surface area contributed by atoms with Gasteiger partial charge in [-0.25, -0.2) is 17.7 Å². The Bertz CT molecular complexity index is 1140. The molecule has 0 aliphatic carbocycles. The molecular formula is C22H28F3N5O4S. The van der Waals surface area contributed by atoms with Crippen molar-refractivity contribution < 1.29 is 31.1 Å². The Hall–Kier alpha value is -2.90. The van der Waals surface area contributed by atoms with E-state index in [1.54, 1.807) is 6.07 Å². The summed E-state index contributed by atoms with van der Waals surface area (Å²) >= 11 is 0. The molecule has 1 aliphatic heterocycles. The average Bonchev–Trinajstić information content (AvgIpc) is 3.04. The van der Waals surface area contributed by atoms with Gasteiger partial charge in [0.1, 0.15) is 16.5 Å². The number of methoxy groups -OCH3 is 1. The summed E-state index contributed by atoms with van der Waals surface area (Å²) in [6.45, 7) is 2.31. The fourth-order valence-corrected chi connectivity index (χ4v) is 4.73. The summed E-state index contributed by atoms with van der Waals surface area (Å²) in [5, 5.41) is 2.72. The molecule has 13 heteroatoms. The Morgan fingerprint density at radius 3 is 2.49 bits per heavy atom. The van der Waals surface area contributed by atoms with E-state index in [4.69, 9.17) is 4.74 Å². The zero-order chi connectivity index (χ0) is 25.8. The van der Waals surface area contributed by atoms with Crippen LogP contribution < -0.4 is 15.0 Å². The lowest BCUT2D eigenvalue weighted by Crippen LogP contribution is -2.36. The number of hydrogen-bond acceptors (Lipinski definition) is 7. The molecule has 2 heterocycles. The van der Waals surface area contributed by atoms with Gasteiger partial charge in [-0.3, -0.25) is 9.69 Å². The molecule has 1 saturated heterocycles. The largest absolute Gasteiger partial charge is 0.495 e. The van der Waals surface area contributed by atoms with Gasteiger partial charge in [-0.2, -0.15) is 13.2 Å². The van der Waals surface area contributed by atoms with Gasteiger partial charge in [-0.15, -0.1) is 0 Å². The van der Waals surface area contributed by atoms with Crippen LogP contribution in [-0.2, 0) is 21.0 Å². The van der Waals surface area contributed by atoms with Gasteiger partial charge in [-0.1, -0.05) is 0 Å². The van der Waals surface area contributed by atoms with Crippen molar-refractivity contribution in [1.29, 1.82) is 0 Å². The van der Waals surface area contributed by atoms with Crippen molar-refractivity contribution in [2.75, 3.05) is 64.1 Å². The monoisotopic (exact) mass is 515 g/mol. The van der Waals surface area contributed by atoms with Gasteiger partial charge in [-0.05, 0) is 36.8 Å². The van der Waals surface area contributed by atoms with Crippen molar-refractivity contribution in [3.8, 4) is 5.75 Å². The van der Waals surface area contributed by atoms with E-state index >= 15 is 0 Å². The molecule has 1 aromatic carbocycles. The van der Waals surface area contributed by atoms with Crippen LogP contribution in [0.1, 0.15) is 12.0 Å². The summed E-state index contributed by atoms with van der Waals surface area (Å²) in [6, 6.07) is 6.76. The predicted octanol–water partition coefficient (Wildman–Crippen LogP) is 2.51. The highest BCUT2D eigenvalue weighted by atomic mass is 32.2. The Morgan fingerprint density at radius 2 is 1.89 bits per heavy atom. The van der Waals surface area contributed by atoms with Crippen LogP contribution in [0, 0.1) is 0 Å². The molecule has 0 unspecified atom stereocenters. The van der Waals surface area contributed by atoms with E-state index < -0.39 is 21.8 Å². The number of aromatic nitrogens is 1. The highest BCUT2D eigenvalue weighted by molar-refractivity contribution is 7.89. The van der Waals surface area contributed by atoms with Gasteiger partial charge in [0.2, 0.25) is 15.9 Å². The maximum Gasteiger partial charge on any atom is 0.417 e. The van der Waals surface area contributed by atoms with Crippen LogP contribution in [0.2, 0.25) is 0 Å². The van der Waals surface area contributed by atoms with Crippen molar-refractivity contribution in [3.05, 3.63) is 42.1 Å². The number of benzene rings is 1. The highest BCUT2D eigenvalue weighted by Crippen LogP contribution is 2.30. The van der Waals surface area contributed by atoms with Crippen molar-refractivity contribution in [2.24, 2.45) is 0 Å². The number of sulfonamides is 1. The minimum atomic E-state index is -4.43. The lowest BCUT2D eigenvalue weighted by molar-refractivity contribution is -0.137. The van der Waals surface area contributed by atoms with Crippen LogP contribution in [0.4, 0.5) is 24.7 Å². The number of rotatable bonds is 7. The third-order valence-electron chi connectivity index (χ3n) is 5.56. The lowest BCUT2D eigenvalue weighted by atomic mass is 10.2. The van der Waals surface area contributed by atoms with Gasteiger partial charge >= 0.3 is 6.18 Å². The van der Waals surface area contributed by atoms with Crippen LogP contribution in [0.3, 0.4) is 0 Å². The lowest BCUT2D eigenvalue weighted by Gasteiger charge is -2.23. The summed E-state index contributed by atoms with van der Waals surface area (Å²) in [5.41, 5.74) is -0.476. The molecule has 2 aromatic rings. The fourth-order valence-electron chi connectivity index (χ4n) is 3.66. The molecule has 1 aromatic heterocycles. The summed E-state index contributed by atoms with van der Waals surface area (Å²) in [4.78, 5) is 20.4. The number of pyridine rings is 1. The molecule has 192 valence electrons. The molecular weight excluding hydrogens is 487 g/mol. The molecule has 1 N–H and O–H groups in total.